The number of para-hydroxylation sites is 1. The van der Waals surface area contributed by atoms with Crippen LogP contribution in [0.25, 0.3) is 10.9 Å². The van der Waals surface area contributed by atoms with Gasteiger partial charge in [0.15, 0.2) is 0 Å². The minimum atomic E-state index is -0.760. The predicted molar refractivity (Wildman–Crippen MR) is 93.1 cm³/mol. The van der Waals surface area contributed by atoms with E-state index in [0.717, 1.165) is 42.5 Å². The fourth-order valence-corrected chi connectivity index (χ4v) is 3.70. The van der Waals surface area contributed by atoms with Gasteiger partial charge in [-0.15, -0.1) is 0 Å². The van der Waals surface area contributed by atoms with Gasteiger partial charge in [0.25, 0.3) is 5.91 Å². The Morgan fingerprint density at radius 1 is 1.29 bits per heavy atom. The summed E-state index contributed by atoms with van der Waals surface area (Å²) in [6.07, 6.45) is 2.79. The van der Waals surface area contributed by atoms with Gasteiger partial charge in [0.05, 0.1) is 0 Å². The highest BCUT2D eigenvalue weighted by Crippen LogP contribution is 2.25. The molecule has 0 radical (unpaired) electrons. The van der Waals surface area contributed by atoms with Crippen molar-refractivity contribution in [1.29, 1.82) is 0 Å². The molecule has 5 nitrogen and oxygen atoms in total. The summed E-state index contributed by atoms with van der Waals surface area (Å²) in [5.74, 6) is -0.407. The molecule has 1 aliphatic heterocycles. The summed E-state index contributed by atoms with van der Waals surface area (Å²) in [5, 5.41) is 9.95. The Kier molecular flexibility index (Phi) is 4.88. The van der Waals surface area contributed by atoms with E-state index in [0.29, 0.717) is 18.9 Å². The van der Waals surface area contributed by atoms with E-state index in [9.17, 15) is 9.59 Å². The Labute approximate surface area is 141 Å². The first kappa shape index (κ1) is 16.6. The lowest BCUT2D eigenvalue weighted by atomic mass is 9.93. The number of piperidine rings is 1. The van der Waals surface area contributed by atoms with Crippen LogP contribution < -0.4 is 0 Å². The van der Waals surface area contributed by atoms with Crippen molar-refractivity contribution in [2.45, 2.75) is 39.2 Å². The van der Waals surface area contributed by atoms with Crippen LogP contribution in [0.5, 0.6) is 0 Å². The molecule has 0 aliphatic carbocycles. The highest BCUT2D eigenvalue weighted by atomic mass is 16.4. The number of fused-ring (bicyclic) bond motifs is 1. The van der Waals surface area contributed by atoms with Crippen LogP contribution in [0.4, 0.5) is 0 Å². The molecule has 24 heavy (non-hydrogen) atoms. The van der Waals surface area contributed by atoms with Crippen molar-refractivity contribution in [2.24, 2.45) is 5.92 Å². The van der Waals surface area contributed by atoms with Gasteiger partial charge in [-0.05, 0) is 44.2 Å². The molecule has 1 aromatic heterocycles. The maximum atomic E-state index is 13.0. The smallest absolute Gasteiger partial charge is 0.303 e. The Balaban J connectivity index is 1.79. The molecule has 1 fully saturated rings. The lowest BCUT2D eigenvalue weighted by Crippen LogP contribution is -2.40. The molecule has 2 aromatic rings. The van der Waals surface area contributed by atoms with Crippen LogP contribution in [-0.4, -0.2) is 39.5 Å². The maximum absolute atomic E-state index is 13.0. The number of carboxylic acid groups (broad SMARTS) is 1. The van der Waals surface area contributed by atoms with Gasteiger partial charge in [0, 0.05) is 37.0 Å². The number of aryl methyl sites for hydroxylation is 1. The molecule has 1 N–H and O–H groups in total. The molecular weight excluding hydrogens is 304 g/mol. The summed E-state index contributed by atoms with van der Waals surface area (Å²) in [6.45, 7) is 4.23. The van der Waals surface area contributed by atoms with Crippen molar-refractivity contribution >= 4 is 22.8 Å². The highest BCUT2D eigenvalue weighted by molar-refractivity contribution is 5.98. The highest BCUT2D eigenvalue weighted by Gasteiger charge is 2.27. The van der Waals surface area contributed by atoms with Gasteiger partial charge in [0.1, 0.15) is 5.69 Å². The standard InChI is InChI=1S/C19H24N2O3/c1-2-21-16-8-4-3-7-15(16)12-17(21)19(24)20-11-5-6-14(13-20)9-10-18(22)23/h3-4,7-8,12,14H,2,5-6,9-11,13H2,1H3,(H,22,23)/t14-/m0/s1. The molecule has 0 saturated carbocycles. The molecule has 5 heteroatoms. The van der Waals surface area contributed by atoms with Gasteiger partial charge >= 0.3 is 5.97 Å². The molecule has 1 atom stereocenters. The monoisotopic (exact) mass is 328 g/mol. The summed E-state index contributed by atoms with van der Waals surface area (Å²) >= 11 is 0. The Hall–Kier alpha value is -2.30. The van der Waals surface area contributed by atoms with Gasteiger partial charge < -0.3 is 14.6 Å². The molecule has 1 amide bonds. The number of carboxylic acids is 1. The second-order valence-electron chi connectivity index (χ2n) is 6.52. The van der Waals surface area contributed by atoms with E-state index < -0.39 is 5.97 Å². The van der Waals surface area contributed by atoms with E-state index in [1.807, 2.05) is 35.2 Å². The number of benzene rings is 1. The SMILES string of the molecule is CCn1c(C(=O)N2CCC[C@@H](CCC(=O)O)C2)cc2ccccc21. The van der Waals surface area contributed by atoms with E-state index in [2.05, 4.69) is 11.5 Å². The van der Waals surface area contributed by atoms with Gasteiger partial charge in [-0.3, -0.25) is 9.59 Å². The first-order valence-corrected chi connectivity index (χ1v) is 8.69. The van der Waals surface area contributed by atoms with Gasteiger partial charge in [-0.25, -0.2) is 0 Å². The fourth-order valence-electron chi connectivity index (χ4n) is 3.70. The summed E-state index contributed by atoms with van der Waals surface area (Å²) in [7, 11) is 0. The van der Waals surface area contributed by atoms with Crippen LogP contribution >= 0.6 is 0 Å². The van der Waals surface area contributed by atoms with E-state index in [1.54, 1.807) is 0 Å². The summed E-state index contributed by atoms with van der Waals surface area (Å²) in [5.41, 5.74) is 1.82. The first-order chi connectivity index (χ1) is 11.6. The minimum Gasteiger partial charge on any atom is -0.481 e. The van der Waals surface area contributed by atoms with Crippen LogP contribution in [0, 0.1) is 5.92 Å². The second kappa shape index (κ2) is 7.07. The number of hydrogen-bond acceptors (Lipinski definition) is 2. The second-order valence-corrected chi connectivity index (χ2v) is 6.52. The molecule has 2 heterocycles. The third kappa shape index (κ3) is 3.30. The van der Waals surface area contributed by atoms with Crippen LogP contribution in [0.3, 0.4) is 0 Å². The fraction of sp³-hybridized carbons (Fsp3) is 0.474. The number of aliphatic carboxylic acids is 1. The van der Waals surface area contributed by atoms with Crippen molar-refractivity contribution in [1.82, 2.24) is 9.47 Å². The quantitative estimate of drug-likeness (QED) is 0.915. The Morgan fingerprint density at radius 2 is 2.08 bits per heavy atom. The zero-order valence-corrected chi connectivity index (χ0v) is 14.1. The number of carbonyl (C=O) groups is 2. The summed E-state index contributed by atoms with van der Waals surface area (Å²) in [4.78, 5) is 25.7. The number of hydrogen-bond donors (Lipinski definition) is 1. The predicted octanol–water partition coefficient (Wildman–Crippen LogP) is 3.38. The Morgan fingerprint density at radius 3 is 2.83 bits per heavy atom. The molecule has 1 aromatic carbocycles. The molecule has 128 valence electrons. The van der Waals surface area contributed by atoms with Crippen LogP contribution in [0.2, 0.25) is 0 Å². The number of nitrogens with zero attached hydrogens (tertiary/aromatic N) is 2. The van der Waals surface area contributed by atoms with Crippen LogP contribution in [-0.2, 0) is 11.3 Å². The van der Waals surface area contributed by atoms with Gasteiger partial charge in [-0.2, -0.15) is 0 Å². The van der Waals surface area contributed by atoms with Gasteiger partial charge in [-0.1, -0.05) is 18.2 Å². The third-order valence-corrected chi connectivity index (χ3v) is 4.92. The average molecular weight is 328 g/mol. The normalized spacial score (nSPS) is 18.0. The van der Waals surface area contributed by atoms with Gasteiger partial charge in [0.2, 0.25) is 0 Å². The van der Waals surface area contributed by atoms with E-state index in [4.69, 9.17) is 5.11 Å². The van der Waals surface area contributed by atoms with Crippen molar-refractivity contribution in [3.05, 3.63) is 36.0 Å². The zero-order chi connectivity index (χ0) is 17.1. The van der Waals surface area contributed by atoms with Crippen LogP contribution in [0.15, 0.2) is 30.3 Å². The Bertz CT molecular complexity index is 750. The van der Waals surface area contributed by atoms with Crippen molar-refractivity contribution in [3.8, 4) is 0 Å². The number of amides is 1. The third-order valence-electron chi connectivity index (χ3n) is 4.92. The first-order valence-electron chi connectivity index (χ1n) is 8.69. The average Bonchev–Trinajstić information content (AvgIpc) is 2.98. The number of likely N-dealkylation sites (tertiary alicyclic amines) is 1. The number of rotatable bonds is 5. The van der Waals surface area contributed by atoms with Crippen molar-refractivity contribution < 1.29 is 14.7 Å². The van der Waals surface area contributed by atoms with E-state index in [1.165, 1.54) is 0 Å². The molecule has 0 unspecified atom stereocenters. The summed E-state index contributed by atoms with van der Waals surface area (Å²) < 4.78 is 2.07. The number of aromatic nitrogens is 1. The maximum Gasteiger partial charge on any atom is 0.303 e. The number of carbonyl (C=O) groups excluding carboxylic acids is 1. The minimum absolute atomic E-state index is 0.0630. The van der Waals surface area contributed by atoms with Crippen LogP contribution in [0.1, 0.15) is 43.1 Å². The molecule has 3 rings (SSSR count). The summed E-state index contributed by atoms with van der Waals surface area (Å²) in [6, 6.07) is 10.0. The lowest BCUT2D eigenvalue weighted by Gasteiger charge is -2.32. The largest absolute Gasteiger partial charge is 0.481 e. The van der Waals surface area contributed by atoms with E-state index >= 15 is 0 Å². The molecule has 1 aliphatic rings. The topological polar surface area (TPSA) is 62.5 Å². The molecule has 0 spiro atoms. The lowest BCUT2D eigenvalue weighted by molar-refractivity contribution is -0.137. The van der Waals surface area contributed by atoms with Crippen molar-refractivity contribution in [3.63, 3.8) is 0 Å². The van der Waals surface area contributed by atoms with E-state index in [-0.39, 0.29) is 12.3 Å². The molecular formula is C19H24N2O3. The van der Waals surface area contributed by atoms with Crippen molar-refractivity contribution in [2.75, 3.05) is 13.1 Å². The molecule has 1 saturated heterocycles. The molecule has 0 bridgehead atoms. The zero-order valence-electron chi connectivity index (χ0n) is 14.1.